The standard InChI is InChI=1S/C25H33N5O5/c26-25(27)28-15-7-12-19(23(32)33)30-22(31)21(16-18-10-5-2-6-11-18)29-20(24(34)35)14-13-17-8-3-1-4-9-17/h1-6,8-11,19-21,29H,7,12-16H2,(H,30,31)(H,32,33)(H,34,35)(H4,26,27,28)/t19-,20?,21-/m0/s1. The number of aliphatic carboxylic acids is 2. The van der Waals surface area contributed by atoms with Crippen LogP contribution in [0.5, 0.6) is 0 Å². The van der Waals surface area contributed by atoms with Crippen molar-refractivity contribution in [3.05, 3.63) is 71.8 Å². The summed E-state index contributed by atoms with van der Waals surface area (Å²) in [6.45, 7) is 0.293. The summed E-state index contributed by atoms with van der Waals surface area (Å²) in [5, 5.41) is 34.6. The van der Waals surface area contributed by atoms with Crippen LogP contribution in [0.1, 0.15) is 30.4 Å². The first-order valence-electron chi connectivity index (χ1n) is 11.4. The molecule has 0 bridgehead atoms. The van der Waals surface area contributed by atoms with Crippen LogP contribution in [-0.4, -0.2) is 58.7 Å². The summed E-state index contributed by atoms with van der Waals surface area (Å²) in [5.41, 5.74) is 7.02. The minimum absolute atomic E-state index is 0.121. The molecule has 0 radical (unpaired) electrons. The van der Waals surface area contributed by atoms with Crippen LogP contribution < -0.4 is 21.7 Å². The molecule has 3 atom stereocenters. The highest BCUT2D eigenvalue weighted by Crippen LogP contribution is 2.10. The highest BCUT2D eigenvalue weighted by atomic mass is 16.4. The predicted molar refractivity (Wildman–Crippen MR) is 132 cm³/mol. The van der Waals surface area contributed by atoms with E-state index in [0.29, 0.717) is 19.4 Å². The van der Waals surface area contributed by atoms with E-state index in [1.807, 2.05) is 60.7 Å². The number of benzene rings is 2. The fourth-order valence-corrected chi connectivity index (χ4v) is 3.61. The number of aryl methyl sites for hydroxylation is 1. The molecule has 0 fully saturated rings. The molecule has 0 aliphatic carbocycles. The number of carbonyl (C=O) groups excluding carboxylic acids is 1. The van der Waals surface area contributed by atoms with Crippen LogP contribution in [0, 0.1) is 5.41 Å². The number of carboxylic acid groups (broad SMARTS) is 2. The molecule has 0 saturated heterocycles. The molecule has 1 unspecified atom stereocenters. The molecule has 10 nitrogen and oxygen atoms in total. The van der Waals surface area contributed by atoms with Gasteiger partial charge in [0.2, 0.25) is 5.91 Å². The first-order chi connectivity index (χ1) is 16.8. The molecule has 0 aromatic heterocycles. The number of hydrogen-bond acceptors (Lipinski definition) is 5. The fraction of sp³-hybridized carbons (Fsp3) is 0.360. The SMILES string of the molecule is N=C(N)NCCC[C@H](NC(=O)[C@H](Cc1ccccc1)NC(CCc1ccccc1)C(=O)O)C(=O)O. The summed E-state index contributed by atoms with van der Waals surface area (Å²) in [5.74, 6) is -3.09. The van der Waals surface area contributed by atoms with Gasteiger partial charge in [0, 0.05) is 6.54 Å². The third-order valence-corrected chi connectivity index (χ3v) is 5.46. The maximum Gasteiger partial charge on any atom is 0.326 e. The zero-order valence-corrected chi connectivity index (χ0v) is 19.4. The van der Waals surface area contributed by atoms with Gasteiger partial charge in [-0.3, -0.25) is 20.3 Å². The van der Waals surface area contributed by atoms with Gasteiger partial charge in [0.25, 0.3) is 0 Å². The lowest BCUT2D eigenvalue weighted by atomic mass is 10.0. The number of amides is 1. The molecule has 2 aromatic carbocycles. The van der Waals surface area contributed by atoms with Crippen molar-refractivity contribution in [1.82, 2.24) is 16.0 Å². The van der Waals surface area contributed by atoms with Crippen LogP contribution >= 0.6 is 0 Å². The first kappa shape index (κ1) is 27.3. The second-order valence-corrected chi connectivity index (χ2v) is 8.21. The van der Waals surface area contributed by atoms with Crippen LogP contribution in [-0.2, 0) is 27.2 Å². The smallest absolute Gasteiger partial charge is 0.326 e. The second-order valence-electron chi connectivity index (χ2n) is 8.21. The summed E-state index contributed by atoms with van der Waals surface area (Å²) in [6.07, 6.45) is 1.45. The molecule has 10 heteroatoms. The minimum Gasteiger partial charge on any atom is -0.480 e. The fourth-order valence-electron chi connectivity index (χ4n) is 3.61. The van der Waals surface area contributed by atoms with Gasteiger partial charge in [-0.2, -0.15) is 0 Å². The Hall–Kier alpha value is -3.92. The summed E-state index contributed by atoms with van der Waals surface area (Å²) < 4.78 is 0. The summed E-state index contributed by atoms with van der Waals surface area (Å²) in [4.78, 5) is 36.8. The number of rotatable bonds is 15. The molecule has 0 heterocycles. The molecule has 0 aliphatic heterocycles. The number of hydrogen-bond donors (Lipinski definition) is 7. The van der Waals surface area contributed by atoms with E-state index in [9.17, 15) is 24.6 Å². The Morgan fingerprint density at radius 2 is 1.40 bits per heavy atom. The van der Waals surface area contributed by atoms with Crippen LogP contribution in [0.15, 0.2) is 60.7 Å². The first-order valence-corrected chi connectivity index (χ1v) is 11.4. The Morgan fingerprint density at radius 1 is 0.829 bits per heavy atom. The number of nitrogens with one attached hydrogen (secondary N) is 4. The van der Waals surface area contributed by atoms with Crippen molar-refractivity contribution >= 4 is 23.8 Å². The topological polar surface area (TPSA) is 178 Å². The maximum absolute atomic E-state index is 13.1. The summed E-state index contributed by atoms with van der Waals surface area (Å²) in [6, 6.07) is 15.4. The van der Waals surface area contributed by atoms with E-state index in [-0.39, 0.29) is 25.2 Å². The Kier molecular flexibility index (Phi) is 11.2. The summed E-state index contributed by atoms with van der Waals surface area (Å²) in [7, 11) is 0. The normalized spacial score (nSPS) is 13.3. The molecular weight excluding hydrogens is 450 g/mol. The average molecular weight is 484 g/mol. The van der Waals surface area contributed by atoms with E-state index in [2.05, 4.69) is 16.0 Å². The Balaban J connectivity index is 2.11. The lowest BCUT2D eigenvalue weighted by Gasteiger charge is -2.25. The van der Waals surface area contributed by atoms with Crippen molar-refractivity contribution in [1.29, 1.82) is 5.41 Å². The number of guanidine groups is 1. The van der Waals surface area contributed by atoms with Gasteiger partial charge in [-0.05, 0) is 43.2 Å². The molecule has 8 N–H and O–H groups in total. The average Bonchev–Trinajstić information content (AvgIpc) is 2.83. The zero-order chi connectivity index (χ0) is 25.6. The molecule has 2 rings (SSSR count). The van der Waals surface area contributed by atoms with Crippen molar-refractivity contribution in [2.24, 2.45) is 5.73 Å². The van der Waals surface area contributed by atoms with E-state index >= 15 is 0 Å². The number of carbonyl (C=O) groups is 3. The zero-order valence-electron chi connectivity index (χ0n) is 19.4. The third kappa shape index (κ3) is 10.3. The van der Waals surface area contributed by atoms with Crippen LogP contribution in [0.2, 0.25) is 0 Å². The molecule has 1 amide bonds. The highest BCUT2D eigenvalue weighted by Gasteiger charge is 2.29. The quantitative estimate of drug-likeness (QED) is 0.112. The number of carboxylic acids is 2. The van der Waals surface area contributed by atoms with Gasteiger partial charge in [0.05, 0.1) is 6.04 Å². The Labute approximate surface area is 204 Å². The van der Waals surface area contributed by atoms with Crippen molar-refractivity contribution < 1.29 is 24.6 Å². The minimum atomic E-state index is -1.20. The Bertz CT molecular complexity index is 971. The van der Waals surface area contributed by atoms with Crippen molar-refractivity contribution in [2.45, 2.75) is 50.2 Å². The van der Waals surface area contributed by atoms with Gasteiger partial charge in [-0.25, -0.2) is 4.79 Å². The van der Waals surface area contributed by atoms with Gasteiger partial charge in [-0.15, -0.1) is 0 Å². The van der Waals surface area contributed by atoms with Crippen molar-refractivity contribution in [2.75, 3.05) is 6.54 Å². The van der Waals surface area contributed by atoms with E-state index in [1.165, 1.54) is 0 Å². The Morgan fingerprint density at radius 3 is 1.94 bits per heavy atom. The van der Waals surface area contributed by atoms with Crippen LogP contribution in [0.4, 0.5) is 0 Å². The van der Waals surface area contributed by atoms with E-state index < -0.39 is 36.0 Å². The van der Waals surface area contributed by atoms with Gasteiger partial charge in [0.1, 0.15) is 12.1 Å². The molecule has 188 valence electrons. The second kappa shape index (κ2) is 14.4. The monoisotopic (exact) mass is 483 g/mol. The lowest BCUT2D eigenvalue weighted by Crippen LogP contribution is -2.55. The van der Waals surface area contributed by atoms with Gasteiger partial charge >= 0.3 is 11.9 Å². The van der Waals surface area contributed by atoms with Gasteiger partial charge < -0.3 is 26.6 Å². The van der Waals surface area contributed by atoms with Crippen LogP contribution in [0.3, 0.4) is 0 Å². The van der Waals surface area contributed by atoms with E-state index in [1.54, 1.807) is 0 Å². The lowest BCUT2D eigenvalue weighted by molar-refractivity contribution is -0.143. The molecule has 0 aliphatic rings. The van der Waals surface area contributed by atoms with E-state index in [0.717, 1.165) is 11.1 Å². The summed E-state index contributed by atoms with van der Waals surface area (Å²) >= 11 is 0. The van der Waals surface area contributed by atoms with Gasteiger partial charge in [-0.1, -0.05) is 60.7 Å². The predicted octanol–water partition coefficient (Wildman–Crippen LogP) is 1.11. The number of nitrogens with two attached hydrogens (primary N) is 1. The van der Waals surface area contributed by atoms with E-state index in [4.69, 9.17) is 11.1 Å². The van der Waals surface area contributed by atoms with Crippen molar-refractivity contribution in [3.8, 4) is 0 Å². The molecule has 0 spiro atoms. The molecular formula is C25H33N5O5. The maximum atomic E-state index is 13.1. The molecule has 0 saturated carbocycles. The van der Waals surface area contributed by atoms with Crippen molar-refractivity contribution in [3.63, 3.8) is 0 Å². The third-order valence-electron chi connectivity index (χ3n) is 5.46. The van der Waals surface area contributed by atoms with Gasteiger partial charge in [0.15, 0.2) is 5.96 Å². The molecule has 2 aromatic rings. The molecule has 35 heavy (non-hydrogen) atoms. The highest BCUT2D eigenvalue weighted by molar-refractivity contribution is 5.87. The van der Waals surface area contributed by atoms with Crippen LogP contribution in [0.25, 0.3) is 0 Å². The largest absolute Gasteiger partial charge is 0.480 e.